The van der Waals surface area contributed by atoms with Gasteiger partial charge in [0, 0.05) is 23.8 Å². The lowest BCUT2D eigenvalue weighted by atomic mass is 10.4. The summed E-state index contributed by atoms with van der Waals surface area (Å²) in [5.41, 5.74) is 0. The van der Waals surface area contributed by atoms with Crippen LogP contribution in [0.3, 0.4) is 0 Å². The third kappa shape index (κ3) is 3.22. The number of nitrogens with one attached hydrogen (secondary N) is 1. The molecule has 0 aliphatic carbocycles. The minimum absolute atomic E-state index is 0.0304. The highest BCUT2D eigenvalue weighted by atomic mass is 79.9. The van der Waals surface area contributed by atoms with Gasteiger partial charge in [-0.3, -0.25) is 9.40 Å². The van der Waals surface area contributed by atoms with Gasteiger partial charge in [0.25, 0.3) is 10.0 Å². The van der Waals surface area contributed by atoms with Crippen molar-refractivity contribution in [2.24, 2.45) is 7.05 Å². The van der Waals surface area contributed by atoms with Crippen LogP contribution in [0.15, 0.2) is 33.8 Å². The van der Waals surface area contributed by atoms with Gasteiger partial charge >= 0.3 is 0 Å². The Morgan fingerprint density at radius 2 is 1.89 bits per heavy atom. The zero-order valence-electron chi connectivity index (χ0n) is 9.56. The normalized spacial score (nSPS) is 11.6. The van der Waals surface area contributed by atoms with E-state index in [-0.39, 0.29) is 20.8 Å². The number of nitrogens with zero attached hydrogens (tertiary/aromatic N) is 2. The minimum Gasteiger partial charge on any atom is -0.274 e. The Hall–Kier alpha value is -0.760. The smallest absolute Gasteiger partial charge is 0.266 e. The van der Waals surface area contributed by atoms with E-state index in [2.05, 4.69) is 25.8 Å². The molecule has 0 spiro atoms. The Morgan fingerprint density at radius 3 is 2.37 bits per heavy atom. The molecule has 1 heterocycles. The average molecular weight is 385 g/mol. The Labute approximate surface area is 128 Å². The second-order valence-electron chi connectivity index (χ2n) is 3.68. The van der Waals surface area contributed by atoms with E-state index in [1.54, 1.807) is 13.2 Å². The van der Waals surface area contributed by atoms with Gasteiger partial charge in [0.15, 0.2) is 5.82 Å². The van der Waals surface area contributed by atoms with Gasteiger partial charge < -0.3 is 0 Å². The van der Waals surface area contributed by atoms with Crippen molar-refractivity contribution in [1.29, 1.82) is 0 Å². The highest BCUT2D eigenvalue weighted by molar-refractivity contribution is 9.10. The fourth-order valence-corrected chi connectivity index (χ4v) is 4.38. The summed E-state index contributed by atoms with van der Waals surface area (Å²) in [4.78, 5) is -0.176. The molecular formula is C10H8BrCl2N3O2S. The largest absolute Gasteiger partial charge is 0.274 e. The van der Waals surface area contributed by atoms with E-state index in [0.29, 0.717) is 4.47 Å². The molecule has 1 aromatic carbocycles. The molecule has 0 saturated carbocycles. The summed E-state index contributed by atoms with van der Waals surface area (Å²) in [6.07, 6.45) is 1.61. The van der Waals surface area contributed by atoms with Crippen LogP contribution in [-0.4, -0.2) is 18.2 Å². The number of sulfonamides is 1. The molecule has 0 aliphatic heterocycles. The van der Waals surface area contributed by atoms with Gasteiger partial charge in [0.05, 0.1) is 10.0 Å². The molecule has 0 aliphatic rings. The van der Waals surface area contributed by atoms with E-state index in [9.17, 15) is 8.42 Å². The van der Waals surface area contributed by atoms with Crippen molar-refractivity contribution in [1.82, 2.24) is 9.78 Å². The molecule has 1 aromatic heterocycles. The van der Waals surface area contributed by atoms with Crippen molar-refractivity contribution < 1.29 is 8.42 Å². The first-order valence-corrected chi connectivity index (χ1v) is 8.00. The number of rotatable bonds is 3. The van der Waals surface area contributed by atoms with Gasteiger partial charge in [-0.1, -0.05) is 39.1 Å². The molecule has 0 amide bonds. The molecular weight excluding hydrogens is 377 g/mol. The van der Waals surface area contributed by atoms with Crippen molar-refractivity contribution in [3.63, 3.8) is 0 Å². The Kier molecular flexibility index (Phi) is 4.10. The molecule has 0 atom stereocenters. The molecule has 5 nitrogen and oxygen atoms in total. The first-order valence-electron chi connectivity index (χ1n) is 4.96. The zero-order chi connectivity index (χ0) is 14.2. The van der Waals surface area contributed by atoms with E-state index >= 15 is 0 Å². The van der Waals surface area contributed by atoms with Crippen LogP contribution in [0, 0.1) is 0 Å². The lowest BCUT2D eigenvalue weighted by Gasteiger charge is -2.09. The van der Waals surface area contributed by atoms with Crippen LogP contribution in [0.1, 0.15) is 0 Å². The maximum Gasteiger partial charge on any atom is 0.266 e. The molecule has 0 radical (unpaired) electrons. The molecule has 2 rings (SSSR count). The standard InChI is InChI=1S/C10H8BrCl2N3O2S/c1-16-3-2-9(14-16)15-19(17,18)10-7(12)4-6(11)5-8(10)13/h2-5H,1H3,(H,14,15). The molecule has 1 N–H and O–H groups in total. The lowest BCUT2D eigenvalue weighted by Crippen LogP contribution is -2.14. The molecule has 9 heteroatoms. The summed E-state index contributed by atoms with van der Waals surface area (Å²) < 4.78 is 28.8. The minimum atomic E-state index is -3.89. The third-order valence-corrected chi connectivity index (χ3v) is 4.92. The Bertz CT molecular complexity index is 707. The topological polar surface area (TPSA) is 64.0 Å². The number of halogens is 3. The third-order valence-electron chi connectivity index (χ3n) is 2.18. The fourth-order valence-electron chi connectivity index (χ4n) is 1.44. The van der Waals surface area contributed by atoms with E-state index < -0.39 is 10.0 Å². The van der Waals surface area contributed by atoms with Crippen LogP contribution in [0.2, 0.25) is 10.0 Å². The number of aryl methyl sites for hydroxylation is 1. The molecule has 0 saturated heterocycles. The first-order chi connectivity index (χ1) is 8.79. The summed E-state index contributed by atoms with van der Waals surface area (Å²) in [5.74, 6) is 0.192. The first kappa shape index (κ1) is 14.6. The summed E-state index contributed by atoms with van der Waals surface area (Å²) >= 11 is 15.0. The lowest BCUT2D eigenvalue weighted by molar-refractivity contribution is 0.601. The summed E-state index contributed by atoms with van der Waals surface area (Å²) in [7, 11) is -2.21. The van der Waals surface area contributed by atoms with E-state index in [0.717, 1.165) is 0 Å². The van der Waals surface area contributed by atoms with Crippen LogP contribution >= 0.6 is 39.1 Å². The second kappa shape index (κ2) is 5.32. The number of anilines is 1. The second-order valence-corrected chi connectivity index (χ2v) is 7.03. The predicted molar refractivity (Wildman–Crippen MR) is 78.2 cm³/mol. The van der Waals surface area contributed by atoms with Crippen molar-refractivity contribution >= 4 is 55.0 Å². The highest BCUT2D eigenvalue weighted by Gasteiger charge is 2.23. The van der Waals surface area contributed by atoms with Gasteiger partial charge in [0.1, 0.15) is 4.90 Å². The quantitative estimate of drug-likeness (QED) is 0.882. The van der Waals surface area contributed by atoms with Crippen LogP contribution in [0.25, 0.3) is 0 Å². The number of hydrogen-bond donors (Lipinski definition) is 1. The monoisotopic (exact) mass is 383 g/mol. The maximum atomic E-state index is 12.2. The van der Waals surface area contributed by atoms with Crippen LogP contribution in [-0.2, 0) is 17.1 Å². The predicted octanol–water partition coefficient (Wildman–Crippen LogP) is 3.29. The van der Waals surface area contributed by atoms with E-state index in [1.807, 2.05) is 0 Å². The van der Waals surface area contributed by atoms with E-state index in [1.165, 1.54) is 22.9 Å². The number of aromatic nitrogens is 2. The summed E-state index contributed by atoms with van der Waals surface area (Å²) in [5, 5.41) is 3.99. The molecule has 0 unspecified atom stereocenters. The van der Waals surface area contributed by atoms with E-state index in [4.69, 9.17) is 23.2 Å². The number of hydrogen-bond acceptors (Lipinski definition) is 3. The fraction of sp³-hybridized carbons (Fsp3) is 0.100. The molecule has 0 fully saturated rings. The summed E-state index contributed by atoms with van der Waals surface area (Å²) in [6, 6.07) is 4.44. The van der Waals surface area contributed by atoms with Crippen molar-refractivity contribution in [2.45, 2.75) is 4.90 Å². The SMILES string of the molecule is Cn1ccc(NS(=O)(=O)c2c(Cl)cc(Br)cc2Cl)n1. The Morgan fingerprint density at radius 1 is 1.32 bits per heavy atom. The van der Waals surface area contributed by atoms with Gasteiger partial charge in [-0.25, -0.2) is 8.42 Å². The van der Waals surface area contributed by atoms with Gasteiger partial charge in [0.2, 0.25) is 0 Å². The highest BCUT2D eigenvalue weighted by Crippen LogP contribution is 2.33. The number of benzene rings is 1. The zero-order valence-corrected chi connectivity index (χ0v) is 13.5. The summed E-state index contributed by atoms with van der Waals surface area (Å²) in [6.45, 7) is 0. The molecule has 19 heavy (non-hydrogen) atoms. The van der Waals surface area contributed by atoms with Gasteiger partial charge in [-0.2, -0.15) is 5.10 Å². The van der Waals surface area contributed by atoms with Crippen molar-refractivity contribution in [2.75, 3.05) is 4.72 Å². The van der Waals surface area contributed by atoms with Gasteiger partial charge in [-0.15, -0.1) is 0 Å². The molecule has 0 bridgehead atoms. The van der Waals surface area contributed by atoms with Crippen LogP contribution < -0.4 is 4.72 Å². The molecule has 102 valence electrons. The van der Waals surface area contributed by atoms with Crippen LogP contribution in [0.5, 0.6) is 0 Å². The van der Waals surface area contributed by atoms with Crippen molar-refractivity contribution in [3.05, 3.63) is 38.9 Å². The average Bonchev–Trinajstić information content (AvgIpc) is 2.60. The maximum absolute atomic E-state index is 12.2. The van der Waals surface area contributed by atoms with Gasteiger partial charge in [-0.05, 0) is 12.1 Å². The van der Waals surface area contributed by atoms with Crippen LogP contribution in [0.4, 0.5) is 5.82 Å². The Balaban J connectivity index is 2.45. The molecule has 2 aromatic rings. The van der Waals surface area contributed by atoms with Crippen molar-refractivity contribution in [3.8, 4) is 0 Å².